The minimum absolute atomic E-state index is 0.299. The molecular formula is C65H47N3. The third kappa shape index (κ3) is 5.78. The molecule has 0 saturated carbocycles. The van der Waals surface area contributed by atoms with Gasteiger partial charge in [-0.25, -0.2) is 0 Å². The Morgan fingerprint density at radius 1 is 0.382 bits per heavy atom. The molecule has 10 aromatic carbocycles. The Kier molecular flexibility index (Phi) is 8.60. The van der Waals surface area contributed by atoms with Crippen molar-refractivity contribution in [2.75, 3.05) is 0 Å². The van der Waals surface area contributed by atoms with Gasteiger partial charge >= 0.3 is 0 Å². The van der Waals surface area contributed by atoms with E-state index in [0.717, 1.165) is 6.42 Å². The molecule has 0 N–H and O–H groups in total. The van der Waals surface area contributed by atoms with Gasteiger partial charge in [0.25, 0.3) is 0 Å². The lowest BCUT2D eigenvalue weighted by atomic mass is 9.71. The molecule has 0 spiro atoms. The molecule has 1 aliphatic carbocycles. The van der Waals surface area contributed by atoms with Gasteiger partial charge in [0.05, 0.1) is 27.8 Å². The van der Waals surface area contributed by atoms with Crippen LogP contribution in [0.25, 0.3) is 110 Å². The third-order valence-electron chi connectivity index (χ3n) is 15.4. The van der Waals surface area contributed by atoms with E-state index >= 15 is 0 Å². The zero-order valence-electron chi connectivity index (χ0n) is 38.1. The van der Waals surface area contributed by atoms with E-state index in [1.54, 1.807) is 0 Å². The first-order valence-electron chi connectivity index (χ1n) is 24.0. The second-order valence-corrected chi connectivity index (χ2v) is 18.9. The maximum Gasteiger partial charge on any atom is 0.0541 e. The standard InChI is InChI=1S/C65H47N3/c1-41(43-30-33-65-56(36-43)53-23-11-15-27-63(53)68(65)61-25-13-8-18-48(61)42-16-4-3-5-17-42)54-39-46-29-28-44(37-55(46)50-20-7-6-19-49(50)54)45-31-34-64-57(38-45)52-22-10-14-26-62(52)67(64)47-32-35-60-58(40-47)51-21-9-12-24-59(51)66(60)2/h3-38,40-41,54H,39H2,1-2H3. The van der Waals surface area contributed by atoms with E-state index in [2.05, 4.69) is 252 Å². The molecule has 0 fully saturated rings. The van der Waals surface area contributed by atoms with Crippen LogP contribution < -0.4 is 0 Å². The summed E-state index contributed by atoms with van der Waals surface area (Å²) < 4.78 is 7.21. The monoisotopic (exact) mass is 869 g/mol. The molecule has 0 aliphatic heterocycles. The van der Waals surface area contributed by atoms with E-state index in [4.69, 9.17) is 0 Å². The maximum atomic E-state index is 2.49. The van der Waals surface area contributed by atoms with Crippen molar-refractivity contribution in [3.05, 3.63) is 241 Å². The van der Waals surface area contributed by atoms with Gasteiger partial charge in [-0.3, -0.25) is 0 Å². The van der Waals surface area contributed by atoms with Crippen LogP contribution in [0.1, 0.15) is 35.4 Å². The minimum Gasteiger partial charge on any atom is -0.344 e. The molecule has 68 heavy (non-hydrogen) atoms. The van der Waals surface area contributed by atoms with Crippen LogP contribution in [0.4, 0.5) is 0 Å². The fraction of sp³-hybridized carbons (Fsp3) is 0.0769. The van der Waals surface area contributed by atoms with Crippen LogP contribution in [0.15, 0.2) is 224 Å². The van der Waals surface area contributed by atoms with E-state index in [9.17, 15) is 0 Å². The highest BCUT2D eigenvalue weighted by molar-refractivity contribution is 6.13. The summed E-state index contributed by atoms with van der Waals surface area (Å²) in [5.41, 5.74) is 21.6. The summed E-state index contributed by atoms with van der Waals surface area (Å²) in [7, 11) is 2.17. The van der Waals surface area contributed by atoms with Crippen LogP contribution in [0, 0.1) is 0 Å². The molecule has 14 rings (SSSR count). The van der Waals surface area contributed by atoms with Crippen molar-refractivity contribution < 1.29 is 0 Å². The lowest BCUT2D eigenvalue weighted by Gasteiger charge is -2.33. The van der Waals surface area contributed by atoms with Gasteiger partial charge in [-0.2, -0.15) is 0 Å². The van der Waals surface area contributed by atoms with E-state index in [-0.39, 0.29) is 0 Å². The molecule has 0 amide bonds. The van der Waals surface area contributed by atoms with Crippen molar-refractivity contribution in [1.29, 1.82) is 0 Å². The molecule has 3 heteroatoms. The number of aryl methyl sites for hydroxylation is 1. The predicted molar refractivity (Wildman–Crippen MR) is 287 cm³/mol. The number of fused-ring (bicyclic) bond motifs is 12. The number of rotatable bonds is 6. The lowest BCUT2D eigenvalue weighted by molar-refractivity contribution is 0.568. The van der Waals surface area contributed by atoms with Gasteiger partial charge in [-0.05, 0) is 136 Å². The second-order valence-electron chi connectivity index (χ2n) is 18.9. The highest BCUT2D eigenvalue weighted by Gasteiger charge is 2.30. The summed E-state index contributed by atoms with van der Waals surface area (Å²) in [6.07, 6.45) is 0.992. The van der Waals surface area contributed by atoms with Gasteiger partial charge in [-0.1, -0.05) is 159 Å². The summed E-state index contributed by atoms with van der Waals surface area (Å²) >= 11 is 0. The summed E-state index contributed by atoms with van der Waals surface area (Å²) in [6.45, 7) is 2.44. The van der Waals surface area contributed by atoms with E-state index in [0.29, 0.717) is 11.8 Å². The lowest BCUT2D eigenvalue weighted by Crippen LogP contribution is -2.17. The van der Waals surface area contributed by atoms with Gasteiger partial charge in [0.1, 0.15) is 0 Å². The number of hydrogen-bond acceptors (Lipinski definition) is 0. The van der Waals surface area contributed by atoms with Gasteiger partial charge in [-0.15, -0.1) is 0 Å². The van der Waals surface area contributed by atoms with Gasteiger partial charge in [0.2, 0.25) is 0 Å². The molecule has 322 valence electrons. The fourth-order valence-corrected chi connectivity index (χ4v) is 12.1. The highest BCUT2D eigenvalue weighted by atomic mass is 15.0. The van der Waals surface area contributed by atoms with Crippen LogP contribution >= 0.6 is 0 Å². The number of para-hydroxylation sites is 4. The zero-order chi connectivity index (χ0) is 45.0. The van der Waals surface area contributed by atoms with Crippen LogP contribution in [0.2, 0.25) is 0 Å². The van der Waals surface area contributed by atoms with Crippen LogP contribution in [0.3, 0.4) is 0 Å². The average Bonchev–Trinajstić information content (AvgIpc) is 4.02. The Morgan fingerprint density at radius 3 is 1.74 bits per heavy atom. The van der Waals surface area contributed by atoms with E-state index < -0.39 is 0 Å². The van der Waals surface area contributed by atoms with Gasteiger partial charge < -0.3 is 13.7 Å². The second kappa shape index (κ2) is 15.1. The van der Waals surface area contributed by atoms with Crippen LogP contribution in [-0.2, 0) is 13.5 Å². The van der Waals surface area contributed by atoms with Crippen molar-refractivity contribution in [3.8, 4) is 44.8 Å². The number of hydrogen-bond donors (Lipinski definition) is 0. The Morgan fingerprint density at radius 2 is 0.926 bits per heavy atom. The van der Waals surface area contributed by atoms with Crippen LogP contribution in [-0.4, -0.2) is 13.7 Å². The molecule has 3 aromatic heterocycles. The van der Waals surface area contributed by atoms with Crippen molar-refractivity contribution in [3.63, 3.8) is 0 Å². The molecule has 0 radical (unpaired) electrons. The first kappa shape index (κ1) is 38.8. The average molecular weight is 870 g/mol. The Balaban J connectivity index is 0.830. The predicted octanol–water partition coefficient (Wildman–Crippen LogP) is 17.0. The first-order chi connectivity index (χ1) is 33.6. The highest BCUT2D eigenvalue weighted by Crippen LogP contribution is 2.48. The molecule has 2 unspecified atom stereocenters. The van der Waals surface area contributed by atoms with E-state index in [1.165, 1.54) is 127 Å². The Bertz CT molecular complexity index is 4160. The molecule has 13 aromatic rings. The van der Waals surface area contributed by atoms with Gasteiger partial charge in [0.15, 0.2) is 0 Å². The van der Waals surface area contributed by atoms with Crippen molar-refractivity contribution in [1.82, 2.24) is 13.7 Å². The minimum atomic E-state index is 0.299. The summed E-state index contributed by atoms with van der Waals surface area (Å²) in [6, 6.07) is 83.7. The summed E-state index contributed by atoms with van der Waals surface area (Å²) in [5, 5.41) is 7.68. The van der Waals surface area contributed by atoms with E-state index in [1.807, 2.05) is 0 Å². The normalized spacial score (nSPS) is 14.1. The maximum absolute atomic E-state index is 2.49. The molecule has 0 bridgehead atoms. The number of aromatic nitrogens is 3. The number of nitrogens with zero attached hydrogens (tertiary/aromatic N) is 3. The topological polar surface area (TPSA) is 14.8 Å². The molecule has 2 atom stereocenters. The van der Waals surface area contributed by atoms with Crippen LogP contribution in [0.5, 0.6) is 0 Å². The summed E-state index contributed by atoms with van der Waals surface area (Å²) in [4.78, 5) is 0. The molecule has 3 nitrogen and oxygen atoms in total. The molecule has 1 aliphatic rings. The quantitative estimate of drug-likeness (QED) is 0.158. The molecule has 3 heterocycles. The largest absolute Gasteiger partial charge is 0.344 e. The summed E-state index contributed by atoms with van der Waals surface area (Å²) in [5.74, 6) is 0.637. The first-order valence-corrected chi connectivity index (χ1v) is 24.0. The molecule has 0 saturated heterocycles. The van der Waals surface area contributed by atoms with Crippen molar-refractivity contribution in [2.45, 2.75) is 25.2 Å². The smallest absolute Gasteiger partial charge is 0.0541 e. The molecular weight excluding hydrogens is 823 g/mol. The van der Waals surface area contributed by atoms with Crippen molar-refractivity contribution >= 4 is 65.4 Å². The Hall–Kier alpha value is -8.40. The number of benzene rings is 10. The van der Waals surface area contributed by atoms with Gasteiger partial charge in [0, 0.05) is 61.6 Å². The fourth-order valence-electron chi connectivity index (χ4n) is 12.1. The SMILES string of the molecule is CC(c1ccc2c(c1)c1ccccc1n2-c1ccccc1-c1ccccc1)C1Cc2ccc(-c3ccc4c(c3)c3ccccc3n4-c3ccc4c(c3)c3ccccc3n4C)cc2-c2ccccc21. The Labute approximate surface area is 395 Å². The zero-order valence-corrected chi connectivity index (χ0v) is 38.1. The van der Waals surface area contributed by atoms with Crippen molar-refractivity contribution in [2.24, 2.45) is 7.05 Å². The third-order valence-corrected chi connectivity index (χ3v) is 15.4.